The van der Waals surface area contributed by atoms with Crippen LogP contribution in [0.5, 0.6) is 0 Å². The number of nitrogens with zero attached hydrogens (tertiary/aromatic N) is 5. The summed E-state index contributed by atoms with van der Waals surface area (Å²) in [5, 5.41) is 13.8. The van der Waals surface area contributed by atoms with Crippen molar-refractivity contribution in [1.29, 1.82) is 0 Å². The smallest absolute Gasteiger partial charge is 0.229 e. The number of piperidine rings is 1. The zero-order valence-corrected chi connectivity index (χ0v) is 16.9. The van der Waals surface area contributed by atoms with Crippen molar-refractivity contribution in [2.75, 3.05) is 18.4 Å². The van der Waals surface area contributed by atoms with Crippen LogP contribution in [0.15, 0.2) is 54.9 Å². The Hall–Kier alpha value is -3.62. The van der Waals surface area contributed by atoms with E-state index in [0.717, 1.165) is 24.0 Å². The molecule has 4 rings (SSSR count). The minimum Gasteiger partial charge on any atom is -0.342 e. The Bertz CT molecular complexity index is 1040. The van der Waals surface area contributed by atoms with E-state index < -0.39 is 0 Å². The standard InChI is InChI=1S/C22H23FN6O2/c23-19-5-1-3-17(13-19)16-6-8-20(9-7-16)25-22(31)18-4-2-11-28(14-18)21(30)10-12-29-15-24-26-27-29/h1,3,5-9,13,15,18H,2,4,10-12,14H2,(H,25,31)/t18-/m0/s1. The highest BCUT2D eigenvalue weighted by Gasteiger charge is 2.28. The van der Waals surface area contributed by atoms with Crippen LogP contribution in [0, 0.1) is 11.7 Å². The normalized spacial score (nSPS) is 16.2. The molecule has 0 unspecified atom stereocenters. The topological polar surface area (TPSA) is 93.0 Å². The lowest BCUT2D eigenvalue weighted by Crippen LogP contribution is -2.44. The van der Waals surface area contributed by atoms with Crippen LogP contribution in [0.4, 0.5) is 10.1 Å². The summed E-state index contributed by atoms with van der Waals surface area (Å²) in [7, 11) is 0. The minimum absolute atomic E-state index is 0.00699. The summed E-state index contributed by atoms with van der Waals surface area (Å²) in [6.45, 7) is 1.47. The monoisotopic (exact) mass is 422 g/mol. The molecule has 3 aromatic rings. The number of rotatable bonds is 6. The summed E-state index contributed by atoms with van der Waals surface area (Å²) in [4.78, 5) is 27.0. The number of hydrogen-bond acceptors (Lipinski definition) is 5. The zero-order valence-electron chi connectivity index (χ0n) is 16.9. The largest absolute Gasteiger partial charge is 0.342 e. The lowest BCUT2D eigenvalue weighted by atomic mass is 9.96. The van der Waals surface area contributed by atoms with Gasteiger partial charge in [0.1, 0.15) is 12.1 Å². The summed E-state index contributed by atoms with van der Waals surface area (Å²) in [6, 6.07) is 13.7. The first kappa shape index (κ1) is 20.6. The highest BCUT2D eigenvalue weighted by Crippen LogP contribution is 2.24. The van der Waals surface area contributed by atoms with E-state index in [1.54, 1.807) is 23.1 Å². The third-order valence-corrected chi connectivity index (χ3v) is 5.40. The average molecular weight is 422 g/mol. The molecule has 1 saturated heterocycles. The van der Waals surface area contributed by atoms with Gasteiger partial charge in [0, 0.05) is 25.2 Å². The zero-order chi connectivity index (χ0) is 21.6. The van der Waals surface area contributed by atoms with Crippen LogP contribution in [0.25, 0.3) is 11.1 Å². The highest BCUT2D eigenvalue weighted by atomic mass is 19.1. The van der Waals surface area contributed by atoms with Gasteiger partial charge in [0.15, 0.2) is 0 Å². The predicted molar refractivity (Wildman–Crippen MR) is 112 cm³/mol. The maximum absolute atomic E-state index is 13.4. The number of nitrogens with one attached hydrogen (secondary N) is 1. The molecule has 2 amide bonds. The van der Waals surface area contributed by atoms with Crippen LogP contribution in [0.3, 0.4) is 0 Å². The quantitative estimate of drug-likeness (QED) is 0.659. The van der Waals surface area contributed by atoms with E-state index in [2.05, 4.69) is 20.8 Å². The van der Waals surface area contributed by atoms with Crippen LogP contribution >= 0.6 is 0 Å². The number of aromatic nitrogens is 4. The van der Waals surface area contributed by atoms with Crippen molar-refractivity contribution in [3.8, 4) is 11.1 Å². The van der Waals surface area contributed by atoms with E-state index in [9.17, 15) is 14.0 Å². The van der Waals surface area contributed by atoms with Crippen molar-refractivity contribution in [3.05, 3.63) is 60.7 Å². The molecule has 1 atom stereocenters. The molecule has 1 aliphatic heterocycles. The van der Waals surface area contributed by atoms with Gasteiger partial charge in [-0.2, -0.15) is 0 Å². The van der Waals surface area contributed by atoms with E-state index >= 15 is 0 Å². The van der Waals surface area contributed by atoms with E-state index in [0.29, 0.717) is 31.7 Å². The molecule has 0 aliphatic carbocycles. The fourth-order valence-electron chi connectivity index (χ4n) is 3.73. The molecule has 1 aliphatic rings. The molecule has 2 heterocycles. The number of anilines is 1. The van der Waals surface area contributed by atoms with Crippen molar-refractivity contribution >= 4 is 17.5 Å². The van der Waals surface area contributed by atoms with Crippen molar-refractivity contribution < 1.29 is 14.0 Å². The van der Waals surface area contributed by atoms with Crippen LogP contribution in [0.2, 0.25) is 0 Å². The number of carbonyl (C=O) groups excluding carboxylic acids is 2. The number of carbonyl (C=O) groups is 2. The van der Waals surface area contributed by atoms with Gasteiger partial charge < -0.3 is 10.2 Å². The molecule has 0 saturated carbocycles. The lowest BCUT2D eigenvalue weighted by molar-refractivity contribution is -0.134. The maximum atomic E-state index is 13.4. The van der Waals surface area contributed by atoms with Gasteiger partial charge in [-0.25, -0.2) is 9.07 Å². The summed E-state index contributed by atoms with van der Waals surface area (Å²) >= 11 is 0. The van der Waals surface area contributed by atoms with Gasteiger partial charge in [-0.15, -0.1) is 5.10 Å². The average Bonchev–Trinajstić information content (AvgIpc) is 3.32. The van der Waals surface area contributed by atoms with Gasteiger partial charge in [0.25, 0.3) is 0 Å². The number of halogens is 1. The third-order valence-electron chi connectivity index (χ3n) is 5.40. The van der Waals surface area contributed by atoms with E-state index in [-0.39, 0.29) is 23.5 Å². The Kier molecular flexibility index (Phi) is 6.30. The van der Waals surface area contributed by atoms with Gasteiger partial charge in [0.2, 0.25) is 11.8 Å². The number of hydrogen-bond donors (Lipinski definition) is 1. The molecular formula is C22H23FN6O2. The molecule has 2 aromatic carbocycles. The molecule has 0 spiro atoms. The Balaban J connectivity index is 1.32. The number of tetrazole rings is 1. The van der Waals surface area contributed by atoms with Gasteiger partial charge in [0.05, 0.1) is 12.5 Å². The molecule has 160 valence electrons. The highest BCUT2D eigenvalue weighted by molar-refractivity contribution is 5.93. The van der Waals surface area contributed by atoms with Crippen molar-refractivity contribution in [2.45, 2.75) is 25.8 Å². The molecular weight excluding hydrogens is 399 g/mol. The number of likely N-dealkylation sites (tertiary alicyclic amines) is 1. The first-order valence-corrected chi connectivity index (χ1v) is 10.2. The second-order valence-electron chi connectivity index (χ2n) is 7.58. The van der Waals surface area contributed by atoms with Gasteiger partial charge in [-0.3, -0.25) is 9.59 Å². The Morgan fingerprint density at radius 3 is 2.71 bits per heavy atom. The van der Waals surface area contributed by atoms with Crippen LogP contribution in [-0.2, 0) is 16.1 Å². The second-order valence-corrected chi connectivity index (χ2v) is 7.58. The van der Waals surface area contributed by atoms with Crippen LogP contribution in [0.1, 0.15) is 19.3 Å². The fraction of sp³-hybridized carbons (Fsp3) is 0.318. The van der Waals surface area contributed by atoms with Crippen molar-refractivity contribution in [1.82, 2.24) is 25.1 Å². The van der Waals surface area contributed by atoms with E-state index in [4.69, 9.17) is 0 Å². The summed E-state index contributed by atoms with van der Waals surface area (Å²) in [5.41, 5.74) is 2.32. The molecule has 1 N–H and O–H groups in total. The maximum Gasteiger partial charge on any atom is 0.229 e. The number of aryl methyl sites for hydroxylation is 1. The lowest BCUT2D eigenvalue weighted by Gasteiger charge is -2.32. The SMILES string of the molecule is O=C(Nc1ccc(-c2cccc(F)c2)cc1)[C@H]1CCCN(C(=O)CCn2cnnn2)C1. The van der Waals surface area contributed by atoms with Crippen molar-refractivity contribution in [3.63, 3.8) is 0 Å². The van der Waals surface area contributed by atoms with E-state index in [1.165, 1.54) is 23.1 Å². The third kappa shape index (κ3) is 5.30. The minimum atomic E-state index is -0.288. The second kappa shape index (κ2) is 9.46. The fourth-order valence-corrected chi connectivity index (χ4v) is 3.73. The van der Waals surface area contributed by atoms with Gasteiger partial charge in [-0.05, 0) is 58.7 Å². The molecule has 1 aromatic heterocycles. The first-order valence-electron chi connectivity index (χ1n) is 10.2. The Morgan fingerprint density at radius 2 is 1.97 bits per heavy atom. The van der Waals surface area contributed by atoms with Crippen molar-refractivity contribution in [2.24, 2.45) is 5.92 Å². The van der Waals surface area contributed by atoms with Gasteiger partial charge >= 0.3 is 0 Å². The molecule has 1 fully saturated rings. The molecule has 0 radical (unpaired) electrons. The van der Waals surface area contributed by atoms with Crippen LogP contribution < -0.4 is 5.32 Å². The summed E-state index contributed by atoms with van der Waals surface area (Å²) < 4.78 is 14.9. The van der Waals surface area contributed by atoms with Crippen LogP contribution in [-0.4, -0.2) is 50.0 Å². The predicted octanol–water partition coefficient (Wildman–Crippen LogP) is 2.75. The first-order chi connectivity index (χ1) is 15.1. The molecule has 8 nitrogen and oxygen atoms in total. The number of benzene rings is 2. The molecule has 9 heteroatoms. The molecule has 0 bridgehead atoms. The summed E-state index contributed by atoms with van der Waals surface area (Å²) in [6.07, 6.45) is 3.29. The Labute approximate surface area is 179 Å². The number of amides is 2. The van der Waals surface area contributed by atoms with Gasteiger partial charge in [-0.1, -0.05) is 24.3 Å². The van der Waals surface area contributed by atoms with E-state index in [1.807, 2.05) is 18.2 Å². The Morgan fingerprint density at radius 1 is 1.13 bits per heavy atom. The molecule has 31 heavy (non-hydrogen) atoms. The summed E-state index contributed by atoms with van der Waals surface area (Å²) in [5.74, 6) is -0.651.